The predicted molar refractivity (Wildman–Crippen MR) is 126 cm³/mol. The Balaban J connectivity index is 0.000000479. The molecule has 0 bridgehead atoms. The number of hydrogen-bond acceptors (Lipinski definition) is 8. The van der Waals surface area contributed by atoms with Gasteiger partial charge in [-0.1, -0.05) is 12.1 Å². The number of aryl methyl sites for hydroxylation is 3. The van der Waals surface area contributed by atoms with E-state index < -0.39 is 19.5 Å². The van der Waals surface area contributed by atoms with Gasteiger partial charge in [-0.3, -0.25) is 9.97 Å². The molecule has 11 heteroatoms. The molecule has 0 aliphatic rings. The first-order chi connectivity index (χ1) is 14.4. The summed E-state index contributed by atoms with van der Waals surface area (Å²) in [4.78, 5) is 8.20. The molecule has 0 radical (unpaired) electrons. The summed E-state index contributed by atoms with van der Waals surface area (Å²) in [5, 5.41) is 16.1. The first-order valence-electron chi connectivity index (χ1n) is 8.94. The average molecular weight is 483 g/mol. The molecule has 0 saturated heterocycles. The van der Waals surface area contributed by atoms with E-state index in [0.29, 0.717) is 18.1 Å². The number of nitrogens with zero attached hydrogens (tertiary/aromatic N) is 6. The molecule has 0 aliphatic heterocycles. The number of nitriles is 2. The zero-order valence-corrected chi connectivity index (χ0v) is 20.7. The zero-order chi connectivity index (χ0) is 23.9. The molecular formula is C20H27ClN6O2S2. The summed E-state index contributed by atoms with van der Waals surface area (Å²) in [6.45, 7) is 3.87. The van der Waals surface area contributed by atoms with E-state index in [9.17, 15) is 8.42 Å². The van der Waals surface area contributed by atoms with Gasteiger partial charge >= 0.3 is 0 Å². The molecule has 0 aromatic carbocycles. The quantitative estimate of drug-likeness (QED) is 0.480. The molecular weight excluding hydrogens is 456 g/mol. The maximum absolute atomic E-state index is 11.6. The summed E-state index contributed by atoms with van der Waals surface area (Å²) in [5.41, 5.74) is 4.08. The lowest BCUT2D eigenvalue weighted by Gasteiger charge is -2.02. The molecule has 0 spiro atoms. The van der Waals surface area contributed by atoms with Crippen molar-refractivity contribution in [2.75, 3.05) is 24.5 Å². The summed E-state index contributed by atoms with van der Waals surface area (Å²) in [5.74, 6) is 0.943. The van der Waals surface area contributed by atoms with Gasteiger partial charge in [0.25, 0.3) is 0 Å². The Kier molecular flexibility index (Phi) is 13.3. The Labute approximate surface area is 190 Å². The van der Waals surface area contributed by atoms with Gasteiger partial charge in [0.05, 0.1) is 19.5 Å². The maximum Gasteiger partial charge on any atom is 0.214 e. The molecule has 0 fully saturated rings. The number of halogens is 1. The van der Waals surface area contributed by atoms with Crippen LogP contribution in [0.2, 0.25) is 0 Å². The first-order valence-corrected chi connectivity index (χ1v) is 13.9. The molecule has 31 heavy (non-hydrogen) atoms. The Bertz CT molecular complexity index is 1130. The van der Waals surface area contributed by atoms with Crippen molar-refractivity contribution in [3.63, 3.8) is 0 Å². The van der Waals surface area contributed by atoms with Crippen LogP contribution in [0.3, 0.4) is 0 Å². The van der Waals surface area contributed by atoms with E-state index in [1.807, 2.05) is 38.1 Å². The van der Waals surface area contributed by atoms with E-state index in [-0.39, 0.29) is 0 Å². The Hall–Kier alpha value is -2.53. The molecule has 0 saturated carbocycles. The van der Waals surface area contributed by atoms with Crippen molar-refractivity contribution < 1.29 is 8.42 Å². The molecule has 1 unspecified atom stereocenters. The van der Waals surface area contributed by atoms with E-state index in [1.54, 1.807) is 18.6 Å². The second-order valence-corrected chi connectivity index (χ2v) is 12.0. The van der Waals surface area contributed by atoms with Crippen molar-refractivity contribution in [3.8, 4) is 12.4 Å². The zero-order valence-electron chi connectivity index (χ0n) is 18.3. The lowest BCUT2D eigenvalue weighted by molar-refractivity contribution is 0.679. The standard InChI is InChI=1S/C10H13N3OS.C7H8ClN.C3H6N2OS/c1-9-3-4-10(7-12-9)5-6-15(2,14)13-8-11;1-6-2-3-7(4-8)5-9-6;1-7(2,6)5-3-4/h3-4,7H,5-6H2,1-2H3;2-3,5H,4H2,1H3;1-2H3. The van der Waals surface area contributed by atoms with E-state index >= 15 is 0 Å². The Morgan fingerprint density at radius 3 is 1.71 bits per heavy atom. The third-order valence-corrected chi connectivity index (χ3v) is 5.62. The Morgan fingerprint density at radius 2 is 1.39 bits per heavy atom. The van der Waals surface area contributed by atoms with Crippen LogP contribution in [0.15, 0.2) is 45.4 Å². The van der Waals surface area contributed by atoms with Crippen molar-refractivity contribution in [3.05, 3.63) is 59.2 Å². The van der Waals surface area contributed by atoms with Gasteiger partial charge in [0.15, 0.2) is 0 Å². The highest BCUT2D eigenvalue weighted by Gasteiger charge is 2.02. The van der Waals surface area contributed by atoms with E-state index in [2.05, 4.69) is 18.7 Å². The van der Waals surface area contributed by atoms with Crippen LogP contribution in [-0.4, -0.2) is 42.9 Å². The Morgan fingerprint density at radius 1 is 0.903 bits per heavy atom. The van der Waals surface area contributed by atoms with E-state index in [1.165, 1.54) is 25.0 Å². The summed E-state index contributed by atoms with van der Waals surface area (Å²) >= 11 is 5.54. The summed E-state index contributed by atoms with van der Waals surface area (Å²) in [7, 11) is -4.51. The van der Waals surface area contributed by atoms with E-state index in [0.717, 1.165) is 22.5 Å². The number of hydrogen-bond donors (Lipinski definition) is 0. The molecule has 0 amide bonds. The summed E-state index contributed by atoms with van der Waals surface area (Å²) < 4.78 is 28.5. The molecule has 2 heterocycles. The summed E-state index contributed by atoms with van der Waals surface area (Å²) in [6, 6.07) is 7.80. The molecule has 2 rings (SSSR count). The number of pyridine rings is 2. The molecule has 0 aliphatic carbocycles. The van der Waals surface area contributed by atoms with Gasteiger partial charge in [-0.15, -0.1) is 20.3 Å². The first kappa shape index (κ1) is 28.5. The van der Waals surface area contributed by atoms with Crippen molar-refractivity contribution in [2.24, 2.45) is 8.73 Å². The van der Waals surface area contributed by atoms with Crippen LogP contribution in [0, 0.1) is 36.8 Å². The minimum Gasteiger partial charge on any atom is -0.261 e. The fourth-order valence-corrected chi connectivity index (χ4v) is 2.99. The van der Waals surface area contributed by atoms with Crippen LogP contribution < -0.4 is 0 Å². The highest BCUT2D eigenvalue weighted by Crippen LogP contribution is 2.03. The largest absolute Gasteiger partial charge is 0.261 e. The van der Waals surface area contributed by atoms with Gasteiger partial charge in [-0.05, 0) is 43.5 Å². The molecule has 2 aromatic heterocycles. The predicted octanol–water partition coefficient (Wildman–Crippen LogP) is 3.84. The van der Waals surface area contributed by atoms with Gasteiger partial charge in [0.2, 0.25) is 12.4 Å². The molecule has 0 N–H and O–H groups in total. The van der Waals surface area contributed by atoms with Crippen LogP contribution >= 0.6 is 11.6 Å². The van der Waals surface area contributed by atoms with Crippen molar-refractivity contribution in [1.82, 2.24) is 9.97 Å². The fraction of sp³-hybridized carbons (Fsp3) is 0.400. The van der Waals surface area contributed by atoms with Gasteiger partial charge in [-0.25, -0.2) is 8.42 Å². The highest BCUT2D eigenvalue weighted by atomic mass is 35.5. The topological polar surface area (TPSA) is 132 Å². The third-order valence-electron chi connectivity index (χ3n) is 3.36. The minimum absolute atomic E-state index is 0.394. The monoisotopic (exact) mass is 482 g/mol. The van der Waals surface area contributed by atoms with Gasteiger partial charge < -0.3 is 0 Å². The second kappa shape index (κ2) is 14.5. The van der Waals surface area contributed by atoms with Gasteiger partial charge in [0.1, 0.15) is 0 Å². The fourth-order valence-electron chi connectivity index (χ4n) is 1.76. The minimum atomic E-state index is -2.35. The van der Waals surface area contributed by atoms with Crippen molar-refractivity contribution in [2.45, 2.75) is 26.1 Å². The smallest absolute Gasteiger partial charge is 0.214 e. The maximum atomic E-state index is 11.6. The van der Waals surface area contributed by atoms with Crippen LogP contribution in [-0.2, 0) is 31.8 Å². The van der Waals surface area contributed by atoms with Crippen LogP contribution in [0.5, 0.6) is 0 Å². The number of rotatable bonds is 4. The molecule has 1 atom stereocenters. The average Bonchev–Trinajstić information content (AvgIpc) is 2.68. The lowest BCUT2D eigenvalue weighted by Crippen LogP contribution is -2.06. The van der Waals surface area contributed by atoms with Crippen molar-refractivity contribution in [1.29, 1.82) is 10.5 Å². The molecule has 8 nitrogen and oxygen atoms in total. The summed E-state index contributed by atoms with van der Waals surface area (Å²) in [6.07, 6.45) is 11.6. The number of aromatic nitrogens is 2. The van der Waals surface area contributed by atoms with Crippen LogP contribution in [0.1, 0.15) is 22.5 Å². The van der Waals surface area contributed by atoms with Crippen LogP contribution in [0.4, 0.5) is 0 Å². The third kappa shape index (κ3) is 15.9. The van der Waals surface area contributed by atoms with Crippen LogP contribution in [0.25, 0.3) is 0 Å². The SMILES string of the molecule is CS(C)(=O)=NC#N.Cc1ccc(CCS(C)(=O)=NC#N)cn1.Cc1ccc(CCl)cn1. The second-order valence-electron chi connectivity index (χ2n) is 6.73. The normalized spacial score (nSPS) is 11.7. The van der Waals surface area contributed by atoms with E-state index in [4.69, 9.17) is 22.1 Å². The molecule has 168 valence electrons. The van der Waals surface area contributed by atoms with Gasteiger partial charge in [-0.2, -0.15) is 10.5 Å². The lowest BCUT2D eigenvalue weighted by atomic mass is 10.2. The molecule has 2 aromatic rings. The van der Waals surface area contributed by atoms with Crippen molar-refractivity contribution >= 4 is 31.1 Å². The highest BCUT2D eigenvalue weighted by molar-refractivity contribution is 7.93. The van der Waals surface area contributed by atoms with Gasteiger partial charge in [0, 0.05) is 54.2 Å². The number of alkyl halides is 1.